The summed E-state index contributed by atoms with van der Waals surface area (Å²) >= 11 is 0. The van der Waals surface area contributed by atoms with Crippen LogP contribution in [0, 0.1) is 5.41 Å². The van der Waals surface area contributed by atoms with Crippen LogP contribution < -0.4 is 0 Å². The summed E-state index contributed by atoms with van der Waals surface area (Å²) in [5.41, 5.74) is -0.831. The zero-order valence-electron chi connectivity index (χ0n) is 10.8. The molecule has 90 valence electrons. The van der Waals surface area contributed by atoms with E-state index in [1.165, 1.54) is 0 Å². The van der Waals surface area contributed by atoms with E-state index in [0.717, 1.165) is 19.3 Å². The molecular formula is C12H24O3. The number of carbonyl (C=O) groups excluding carboxylic acids is 1. The minimum absolute atomic E-state index is 0.245. The summed E-state index contributed by atoms with van der Waals surface area (Å²) in [7, 11) is 0. The minimum Gasteiger partial charge on any atom is -0.297 e. The summed E-state index contributed by atoms with van der Waals surface area (Å²) in [6.45, 7) is 11.6. The van der Waals surface area contributed by atoms with Gasteiger partial charge in [0.15, 0.2) is 0 Å². The van der Waals surface area contributed by atoms with Crippen molar-refractivity contribution in [3.8, 4) is 0 Å². The third-order valence-electron chi connectivity index (χ3n) is 2.83. The lowest BCUT2D eigenvalue weighted by molar-refractivity contribution is -0.327. The topological polar surface area (TPSA) is 35.5 Å². The molecule has 0 saturated heterocycles. The van der Waals surface area contributed by atoms with Gasteiger partial charge in [0.1, 0.15) is 5.60 Å². The van der Waals surface area contributed by atoms with Crippen molar-refractivity contribution in [3.05, 3.63) is 0 Å². The second-order valence-corrected chi connectivity index (χ2v) is 4.91. The summed E-state index contributed by atoms with van der Waals surface area (Å²) in [5.74, 6) is -0.245. The molecule has 15 heavy (non-hydrogen) atoms. The van der Waals surface area contributed by atoms with Gasteiger partial charge in [-0.05, 0) is 40.0 Å². The van der Waals surface area contributed by atoms with Crippen LogP contribution in [0.5, 0.6) is 0 Å². The van der Waals surface area contributed by atoms with Crippen molar-refractivity contribution in [2.45, 2.75) is 66.4 Å². The van der Waals surface area contributed by atoms with Gasteiger partial charge in [0, 0.05) is 0 Å². The third kappa shape index (κ3) is 4.20. The number of rotatable bonds is 5. The molecule has 0 aromatic rings. The molecule has 0 radical (unpaired) electrons. The third-order valence-corrected chi connectivity index (χ3v) is 2.83. The normalized spacial score (nSPS) is 12.7. The van der Waals surface area contributed by atoms with E-state index in [2.05, 4.69) is 0 Å². The Labute approximate surface area is 93.1 Å². The molecular weight excluding hydrogens is 192 g/mol. The van der Waals surface area contributed by atoms with Gasteiger partial charge in [-0.15, -0.1) is 0 Å². The fourth-order valence-corrected chi connectivity index (χ4v) is 1.43. The lowest BCUT2D eigenvalue weighted by Crippen LogP contribution is -2.33. The van der Waals surface area contributed by atoms with Crippen molar-refractivity contribution >= 4 is 5.97 Å². The Morgan fingerprint density at radius 1 is 1.00 bits per heavy atom. The average molecular weight is 216 g/mol. The van der Waals surface area contributed by atoms with Crippen molar-refractivity contribution in [1.82, 2.24) is 0 Å². The van der Waals surface area contributed by atoms with Gasteiger partial charge < -0.3 is 0 Å². The highest BCUT2D eigenvalue weighted by Crippen LogP contribution is 2.32. The van der Waals surface area contributed by atoms with Gasteiger partial charge in [-0.25, -0.2) is 4.79 Å². The first-order valence-corrected chi connectivity index (χ1v) is 5.71. The summed E-state index contributed by atoms with van der Waals surface area (Å²) in [6, 6.07) is 0. The van der Waals surface area contributed by atoms with Gasteiger partial charge in [0.05, 0.1) is 5.41 Å². The van der Waals surface area contributed by atoms with E-state index in [0.29, 0.717) is 0 Å². The monoisotopic (exact) mass is 216 g/mol. The predicted octanol–water partition coefficient (Wildman–Crippen LogP) is 3.48. The Balaban J connectivity index is 4.40. The summed E-state index contributed by atoms with van der Waals surface area (Å²) in [4.78, 5) is 21.8. The standard InChI is InChI=1S/C12H24O3/c1-7-12(8-2,9-3)10(13)14-15-11(4,5)6/h7-9H2,1-6H3. The van der Waals surface area contributed by atoms with Gasteiger partial charge in [-0.3, -0.25) is 4.89 Å². The molecule has 0 rings (SSSR count). The van der Waals surface area contributed by atoms with E-state index >= 15 is 0 Å². The SMILES string of the molecule is CCC(CC)(CC)C(=O)OOC(C)(C)C. The molecule has 0 bridgehead atoms. The fraction of sp³-hybridized carbons (Fsp3) is 0.917. The number of hydrogen-bond donors (Lipinski definition) is 0. The van der Waals surface area contributed by atoms with Gasteiger partial charge in [0.25, 0.3) is 0 Å². The van der Waals surface area contributed by atoms with Crippen molar-refractivity contribution in [2.24, 2.45) is 5.41 Å². The fourth-order valence-electron chi connectivity index (χ4n) is 1.43. The van der Waals surface area contributed by atoms with E-state index in [-0.39, 0.29) is 11.4 Å². The lowest BCUT2D eigenvalue weighted by Gasteiger charge is -2.28. The quantitative estimate of drug-likeness (QED) is 0.521. The van der Waals surface area contributed by atoms with Crippen LogP contribution in [0.4, 0.5) is 0 Å². The Morgan fingerprint density at radius 2 is 1.40 bits per heavy atom. The molecule has 0 atom stereocenters. The second kappa shape index (κ2) is 5.50. The molecule has 0 heterocycles. The second-order valence-electron chi connectivity index (χ2n) is 4.91. The van der Waals surface area contributed by atoms with Crippen LogP contribution in [0.15, 0.2) is 0 Å². The van der Waals surface area contributed by atoms with Crippen LogP contribution in [0.25, 0.3) is 0 Å². The first kappa shape index (κ1) is 14.4. The Kier molecular flexibility index (Phi) is 5.29. The molecule has 0 aliphatic heterocycles. The van der Waals surface area contributed by atoms with Crippen LogP contribution in [0.2, 0.25) is 0 Å². The zero-order valence-corrected chi connectivity index (χ0v) is 10.8. The lowest BCUT2D eigenvalue weighted by atomic mass is 9.80. The van der Waals surface area contributed by atoms with Gasteiger partial charge in [-0.1, -0.05) is 20.8 Å². The van der Waals surface area contributed by atoms with Crippen LogP contribution in [0.1, 0.15) is 60.8 Å². The molecule has 0 saturated carbocycles. The van der Waals surface area contributed by atoms with Crippen molar-refractivity contribution in [1.29, 1.82) is 0 Å². The van der Waals surface area contributed by atoms with Crippen LogP contribution in [0.3, 0.4) is 0 Å². The highest BCUT2D eigenvalue weighted by Gasteiger charge is 2.36. The molecule has 0 amide bonds. The number of hydrogen-bond acceptors (Lipinski definition) is 3. The van der Waals surface area contributed by atoms with E-state index in [4.69, 9.17) is 9.78 Å². The van der Waals surface area contributed by atoms with Crippen molar-refractivity contribution < 1.29 is 14.6 Å². The van der Waals surface area contributed by atoms with Gasteiger partial charge >= 0.3 is 5.97 Å². The summed E-state index contributed by atoms with van der Waals surface area (Å²) in [6.07, 6.45) is 2.35. The van der Waals surface area contributed by atoms with E-state index in [9.17, 15) is 4.79 Å². The molecule has 0 unspecified atom stereocenters. The Hall–Kier alpha value is -0.570. The van der Waals surface area contributed by atoms with E-state index in [1.54, 1.807) is 0 Å². The average Bonchev–Trinajstić information content (AvgIpc) is 2.17. The smallest absolute Gasteiger partial charge is 0.297 e. The van der Waals surface area contributed by atoms with Crippen LogP contribution >= 0.6 is 0 Å². The molecule has 0 aromatic carbocycles. The zero-order chi connectivity index (χ0) is 12.1. The van der Waals surface area contributed by atoms with Crippen LogP contribution in [-0.4, -0.2) is 11.6 Å². The van der Waals surface area contributed by atoms with Crippen molar-refractivity contribution in [3.63, 3.8) is 0 Å². The first-order valence-electron chi connectivity index (χ1n) is 5.71. The highest BCUT2D eigenvalue weighted by molar-refractivity contribution is 5.76. The van der Waals surface area contributed by atoms with Gasteiger partial charge in [0.2, 0.25) is 0 Å². The summed E-state index contributed by atoms with van der Waals surface area (Å²) < 4.78 is 0. The largest absolute Gasteiger partial charge is 0.348 e. The molecule has 0 N–H and O–H groups in total. The maximum absolute atomic E-state index is 11.9. The van der Waals surface area contributed by atoms with Crippen LogP contribution in [-0.2, 0) is 14.6 Å². The molecule has 3 nitrogen and oxygen atoms in total. The molecule has 0 spiro atoms. The Morgan fingerprint density at radius 3 is 1.67 bits per heavy atom. The predicted molar refractivity (Wildman–Crippen MR) is 60.2 cm³/mol. The molecule has 0 aliphatic carbocycles. The van der Waals surface area contributed by atoms with Crippen molar-refractivity contribution in [2.75, 3.05) is 0 Å². The molecule has 0 aromatic heterocycles. The van der Waals surface area contributed by atoms with E-state index in [1.807, 2.05) is 41.5 Å². The molecule has 0 fully saturated rings. The Bertz CT molecular complexity index is 191. The molecule has 3 heteroatoms. The first-order chi connectivity index (χ1) is 6.81. The maximum atomic E-state index is 11.9. The number of carbonyl (C=O) groups is 1. The van der Waals surface area contributed by atoms with Gasteiger partial charge in [-0.2, -0.15) is 4.89 Å². The molecule has 0 aliphatic rings. The minimum atomic E-state index is -0.448. The maximum Gasteiger partial charge on any atom is 0.348 e. The van der Waals surface area contributed by atoms with E-state index < -0.39 is 5.60 Å². The highest BCUT2D eigenvalue weighted by atomic mass is 17.2. The summed E-state index contributed by atoms with van der Waals surface area (Å²) in [5, 5.41) is 0.